The highest BCUT2D eigenvalue weighted by atomic mass is 16.2. The van der Waals surface area contributed by atoms with E-state index in [1.807, 2.05) is 30.3 Å². The van der Waals surface area contributed by atoms with E-state index >= 15 is 0 Å². The smallest absolute Gasteiger partial charge is 0.337 e. The van der Waals surface area contributed by atoms with Gasteiger partial charge in [0.2, 0.25) is 0 Å². The SMILES string of the molecule is CC(C)CNC(=O)n1ccc2ccccc21.[H+]. The summed E-state index contributed by atoms with van der Waals surface area (Å²) in [6, 6.07) is 9.75. The first-order valence-corrected chi connectivity index (χ1v) is 5.53. The molecule has 0 aliphatic rings. The predicted octanol–water partition coefficient (Wildman–Crippen LogP) is 2.97. The molecule has 3 heteroatoms. The molecule has 1 N–H and O–H groups in total. The van der Waals surface area contributed by atoms with Crippen LogP contribution < -0.4 is 5.32 Å². The van der Waals surface area contributed by atoms with E-state index in [1.54, 1.807) is 10.8 Å². The second-order valence-electron chi connectivity index (χ2n) is 4.32. The van der Waals surface area contributed by atoms with Crippen molar-refractivity contribution in [1.82, 2.24) is 9.88 Å². The Labute approximate surface area is 96.6 Å². The third kappa shape index (κ3) is 2.08. The van der Waals surface area contributed by atoms with Crippen LogP contribution in [-0.4, -0.2) is 17.1 Å². The van der Waals surface area contributed by atoms with Gasteiger partial charge in [-0.25, -0.2) is 4.79 Å². The lowest BCUT2D eigenvalue weighted by molar-refractivity contribution is 0.242. The van der Waals surface area contributed by atoms with Gasteiger partial charge in [0.25, 0.3) is 0 Å². The molecule has 3 nitrogen and oxygen atoms in total. The summed E-state index contributed by atoms with van der Waals surface area (Å²) in [6.07, 6.45) is 1.81. The van der Waals surface area contributed by atoms with Crippen molar-refractivity contribution in [2.45, 2.75) is 13.8 Å². The minimum atomic E-state index is -0.0603. The molecule has 1 amide bonds. The standard InChI is InChI=1S/C13H16N2O/c1-10(2)9-14-13(16)15-8-7-11-5-3-4-6-12(11)15/h3-8,10H,9H2,1-2H3,(H,14,16)/p+1. The van der Waals surface area contributed by atoms with Gasteiger partial charge in [0.1, 0.15) is 0 Å². The van der Waals surface area contributed by atoms with Crippen molar-refractivity contribution < 1.29 is 6.22 Å². The van der Waals surface area contributed by atoms with Gasteiger partial charge in [-0.2, -0.15) is 0 Å². The summed E-state index contributed by atoms with van der Waals surface area (Å²) in [6.45, 7) is 4.85. The molecule has 0 aliphatic heterocycles. The number of nitrogens with one attached hydrogen (secondary N) is 1. The van der Waals surface area contributed by atoms with E-state index < -0.39 is 0 Å². The summed E-state index contributed by atoms with van der Waals surface area (Å²) in [4.78, 5) is 11.9. The molecule has 0 radical (unpaired) electrons. The first-order chi connectivity index (χ1) is 7.68. The Kier molecular flexibility index (Phi) is 2.95. The minimum absolute atomic E-state index is 0. The van der Waals surface area contributed by atoms with E-state index in [4.69, 9.17) is 0 Å². The van der Waals surface area contributed by atoms with Crippen LogP contribution in [0.5, 0.6) is 0 Å². The largest absolute Gasteiger partial charge is 1.00 e. The Bertz CT molecular complexity index is 505. The van der Waals surface area contributed by atoms with Crippen molar-refractivity contribution in [2.75, 3.05) is 6.54 Å². The number of nitrogens with zero attached hydrogens (tertiary/aromatic N) is 1. The molecule has 2 aromatic rings. The van der Waals surface area contributed by atoms with E-state index in [0.717, 1.165) is 10.9 Å². The number of benzene rings is 1. The summed E-state index contributed by atoms with van der Waals surface area (Å²) in [5, 5.41) is 3.99. The molecule has 0 bridgehead atoms. The maximum absolute atomic E-state index is 11.9. The minimum Gasteiger partial charge on any atom is -0.337 e. The van der Waals surface area contributed by atoms with Gasteiger partial charge in [-0.1, -0.05) is 32.0 Å². The van der Waals surface area contributed by atoms with Crippen LogP contribution >= 0.6 is 0 Å². The van der Waals surface area contributed by atoms with E-state index in [-0.39, 0.29) is 7.46 Å². The summed E-state index contributed by atoms with van der Waals surface area (Å²) in [5.74, 6) is 0.464. The summed E-state index contributed by atoms with van der Waals surface area (Å²) in [7, 11) is 0. The zero-order chi connectivity index (χ0) is 11.5. The summed E-state index contributed by atoms with van der Waals surface area (Å²) >= 11 is 0. The first-order valence-electron chi connectivity index (χ1n) is 5.53. The fourth-order valence-corrected chi connectivity index (χ4v) is 1.64. The predicted molar refractivity (Wildman–Crippen MR) is 66.7 cm³/mol. The Morgan fingerprint density at radius 2 is 2.12 bits per heavy atom. The van der Waals surface area contributed by atoms with Crippen LogP contribution in [0.3, 0.4) is 0 Å². The molecule has 0 saturated carbocycles. The number of carbonyl (C=O) groups is 1. The quantitative estimate of drug-likeness (QED) is 0.824. The highest BCUT2D eigenvalue weighted by Crippen LogP contribution is 2.14. The second-order valence-corrected chi connectivity index (χ2v) is 4.32. The molecule has 1 aromatic carbocycles. The fourth-order valence-electron chi connectivity index (χ4n) is 1.64. The highest BCUT2D eigenvalue weighted by molar-refractivity contribution is 5.91. The van der Waals surface area contributed by atoms with Crippen molar-refractivity contribution >= 4 is 16.9 Å². The molecule has 0 fully saturated rings. The monoisotopic (exact) mass is 217 g/mol. The number of amides is 1. The maximum Gasteiger partial charge on any atom is 1.00 e. The maximum atomic E-state index is 11.9. The summed E-state index contributed by atoms with van der Waals surface area (Å²) < 4.78 is 1.65. The second kappa shape index (κ2) is 4.39. The molecule has 1 aromatic heterocycles. The van der Waals surface area contributed by atoms with Crippen LogP contribution in [-0.2, 0) is 0 Å². The fraction of sp³-hybridized carbons (Fsp3) is 0.308. The molecule has 1 heterocycles. The van der Waals surface area contributed by atoms with E-state index in [9.17, 15) is 4.79 Å². The van der Waals surface area contributed by atoms with Crippen molar-refractivity contribution in [1.29, 1.82) is 0 Å². The van der Waals surface area contributed by atoms with Gasteiger partial charge in [-0.15, -0.1) is 0 Å². The van der Waals surface area contributed by atoms with Crippen molar-refractivity contribution in [3.8, 4) is 0 Å². The van der Waals surface area contributed by atoms with Crippen LogP contribution in [0.2, 0.25) is 0 Å². The van der Waals surface area contributed by atoms with Crippen molar-refractivity contribution in [2.24, 2.45) is 5.92 Å². The Morgan fingerprint density at radius 3 is 2.88 bits per heavy atom. The number of rotatable bonds is 2. The van der Waals surface area contributed by atoms with Gasteiger partial charge in [0.15, 0.2) is 0 Å². The molecule has 0 atom stereocenters. The van der Waals surface area contributed by atoms with Crippen LogP contribution in [0.25, 0.3) is 10.9 Å². The number of carbonyl (C=O) groups excluding carboxylic acids is 1. The van der Waals surface area contributed by atoms with E-state index in [1.165, 1.54) is 0 Å². The number of hydrogen-bond acceptors (Lipinski definition) is 1. The van der Waals surface area contributed by atoms with Gasteiger partial charge in [0, 0.05) is 18.1 Å². The molecule has 0 unspecified atom stereocenters. The number of para-hydroxylation sites is 1. The highest BCUT2D eigenvalue weighted by Gasteiger charge is 2.07. The van der Waals surface area contributed by atoms with Crippen LogP contribution in [0, 0.1) is 5.92 Å². The lowest BCUT2D eigenvalue weighted by Crippen LogP contribution is -2.30. The molecule has 2 rings (SSSR count). The Morgan fingerprint density at radius 1 is 1.38 bits per heavy atom. The molecule has 0 aliphatic carbocycles. The van der Waals surface area contributed by atoms with E-state index in [0.29, 0.717) is 12.5 Å². The first kappa shape index (κ1) is 10.7. The average molecular weight is 217 g/mol. The summed E-state index contributed by atoms with van der Waals surface area (Å²) in [5.41, 5.74) is 0.948. The Hall–Kier alpha value is -1.77. The molecule has 0 spiro atoms. The van der Waals surface area contributed by atoms with Gasteiger partial charge in [0.05, 0.1) is 5.52 Å². The van der Waals surface area contributed by atoms with Gasteiger partial charge < -0.3 is 5.32 Å². The lowest BCUT2D eigenvalue weighted by Gasteiger charge is -2.08. The third-order valence-electron chi connectivity index (χ3n) is 2.48. The van der Waals surface area contributed by atoms with Crippen molar-refractivity contribution in [3.05, 3.63) is 36.5 Å². The molecule has 84 valence electrons. The third-order valence-corrected chi connectivity index (χ3v) is 2.48. The van der Waals surface area contributed by atoms with Crippen LogP contribution in [0.4, 0.5) is 4.79 Å². The van der Waals surface area contributed by atoms with Gasteiger partial charge in [-0.05, 0) is 18.1 Å². The van der Waals surface area contributed by atoms with Gasteiger partial charge in [-0.3, -0.25) is 4.57 Å². The lowest BCUT2D eigenvalue weighted by atomic mass is 10.2. The number of aromatic nitrogens is 1. The molecular formula is C13H17N2O+. The van der Waals surface area contributed by atoms with E-state index in [2.05, 4.69) is 19.2 Å². The van der Waals surface area contributed by atoms with Gasteiger partial charge >= 0.3 is 7.46 Å². The normalized spacial score (nSPS) is 10.9. The molecule has 0 saturated heterocycles. The van der Waals surface area contributed by atoms with Crippen LogP contribution in [0.15, 0.2) is 36.5 Å². The average Bonchev–Trinajstić information content (AvgIpc) is 2.69. The zero-order valence-corrected chi connectivity index (χ0v) is 9.60. The Balaban J connectivity index is 0.00000144. The zero-order valence-electron chi connectivity index (χ0n) is 10.6. The topological polar surface area (TPSA) is 34.0 Å². The number of fused-ring (bicyclic) bond motifs is 1. The van der Waals surface area contributed by atoms with Crippen LogP contribution in [0.1, 0.15) is 15.3 Å². The number of hydrogen-bond donors (Lipinski definition) is 1. The molecular weight excluding hydrogens is 200 g/mol. The van der Waals surface area contributed by atoms with Crippen molar-refractivity contribution in [3.63, 3.8) is 0 Å². The molecule has 16 heavy (non-hydrogen) atoms.